The molecule has 0 aliphatic carbocycles. The number of para-hydroxylation sites is 1. The van der Waals surface area contributed by atoms with Gasteiger partial charge in [-0.2, -0.15) is 0 Å². The number of thioether (sulfide) groups is 1. The fourth-order valence-electron chi connectivity index (χ4n) is 2.91. The maximum Gasteiger partial charge on any atom is 0.236 e. The largest absolute Gasteiger partial charge is 0.496 e. The Morgan fingerprint density at radius 1 is 1.09 bits per heavy atom. The zero-order chi connectivity index (χ0) is 16.2. The van der Waals surface area contributed by atoms with Crippen LogP contribution in [0.3, 0.4) is 0 Å². The maximum absolute atomic E-state index is 12.6. The fraction of sp³-hybridized carbons (Fsp3) is 0.316. The number of amides is 1. The summed E-state index contributed by atoms with van der Waals surface area (Å²) in [4.78, 5) is 14.6. The van der Waals surface area contributed by atoms with Crippen LogP contribution in [0.25, 0.3) is 0 Å². The Hall–Kier alpha value is -1.94. The van der Waals surface area contributed by atoms with Gasteiger partial charge in [-0.25, -0.2) is 0 Å². The van der Waals surface area contributed by atoms with Gasteiger partial charge in [0.15, 0.2) is 0 Å². The first-order chi connectivity index (χ1) is 11.2. The third-order valence-corrected chi connectivity index (χ3v) is 5.51. The maximum atomic E-state index is 12.6. The van der Waals surface area contributed by atoms with Crippen molar-refractivity contribution in [2.45, 2.75) is 24.0 Å². The predicted molar refractivity (Wildman–Crippen MR) is 94.6 cm³/mol. The van der Waals surface area contributed by atoms with Gasteiger partial charge in [-0.3, -0.25) is 4.79 Å². The highest BCUT2D eigenvalue weighted by atomic mass is 32.2. The van der Waals surface area contributed by atoms with Gasteiger partial charge >= 0.3 is 0 Å². The van der Waals surface area contributed by atoms with Gasteiger partial charge in [-0.15, -0.1) is 11.8 Å². The van der Waals surface area contributed by atoms with Crippen molar-refractivity contribution >= 4 is 17.7 Å². The summed E-state index contributed by atoms with van der Waals surface area (Å²) in [6, 6.07) is 18.3. The quantitative estimate of drug-likeness (QED) is 0.834. The van der Waals surface area contributed by atoms with Crippen LogP contribution in [0.4, 0.5) is 0 Å². The van der Waals surface area contributed by atoms with E-state index in [1.165, 1.54) is 5.56 Å². The highest BCUT2D eigenvalue weighted by molar-refractivity contribution is 8.01. The monoisotopic (exact) mass is 327 g/mol. The Kier molecular flexibility index (Phi) is 4.91. The van der Waals surface area contributed by atoms with Gasteiger partial charge in [0.1, 0.15) is 11.1 Å². The number of benzene rings is 2. The van der Waals surface area contributed by atoms with Crippen molar-refractivity contribution in [3.05, 3.63) is 65.7 Å². The van der Waals surface area contributed by atoms with E-state index in [0.717, 1.165) is 24.3 Å². The van der Waals surface area contributed by atoms with Crippen molar-refractivity contribution in [2.75, 3.05) is 13.7 Å². The summed E-state index contributed by atoms with van der Waals surface area (Å²) in [5, 5.41) is 0.0121. The summed E-state index contributed by atoms with van der Waals surface area (Å²) in [6.45, 7) is 2.71. The molecule has 0 aromatic heterocycles. The first kappa shape index (κ1) is 15.9. The second kappa shape index (κ2) is 7.09. The van der Waals surface area contributed by atoms with Crippen LogP contribution in [-0.4, -0.2) is 29.7 Å². The molecule has 1 heterocycles. The Labute approximate surface area is 141 Å². The smallest absolute Gasteiger partial charge is 0.236 e. The van der Waals surface area contributed by atoms with E-state index in [1.54, 1.807) is 18.9 Å². The van der Waals surface area contributed by atoms with Crippen molar-refractivity contribution in [1.29, 1.82) is 0 Å². The van der Waals surface area contributed by atoms with E-state index in [-0.39, 0.29) is 16.5 Å². The van der Waals surface area contributed by atoms with Crippen molar-refractivity contribution in [3.8, 4) is 5.75 Å². The molecule has 3 nitrogen and oxygen atoms in total. The van der Waals surface area contributed by atoms with Gasteiger partial charge < -0.3 is 9.64 Å². The normalized spacial score (nSPS) is 20.8. The minimum Gasteiger partial charge on any atom is -0.496 e. The molecule has 23 heavy (non-hydrogen) atoms. The molecule has 2 atom stereocenters. The van der Waals surface area contributed by atoms with Crippen molar-refractivity contribution in [2.24, 2.45) is 0 Å². The standard InChI is InChI=1S/C19H21NO2S/c1-14-18(21)20(13-12-15-8-4-3-5-9-15)19(23-14)16-10-6-7-11-17(16)22-2/h3-11,14,19H,12-13H2,1-2H3. The number of nitrogens with zero attached hydrogens (tertiary/aromatic N) is 1. The lowest BCUT2D eigenvalue weighted by molar-refractivity contribution is -0.129. The van der Waals surface area contributed by atoms with Gasteiger partial charge in [0.25, 0.3) is 0 Å². The number of carbonyl (C=O) groups excluding carboxylic acids is 1. The highest BCUT2D eigenvalue weighted by Crippen LogP contribution is 2.45. The van der Waals surface area contributed by atoms with E-state index in [9.17, 15) is 4.79 Å². The molecule has 0 spiro atoms. The zero-order valence-corrected chi connectivity index (χ0v) is 14.3. The van der Waals surface area contributed by atoms with Crippen molar-refractivity contribution < 1.29 is 9.53 Å². The van der Waals surface area contributed by atoms with Gasteiger partial charge in [0.2, 0.25) is 5.91 Å². The third-order valence-electron chi connectivity index (χ3n) is 4.14. The lowest BCUT2D eigenvalue weighted by Crippen LogP contribution is -2.32. The molecule has 0 radical (unpaired) electrons. The molecule has 2 unspecified atom stereocenters. The molecule has 1 aliphatic rings. The summed E-state index contributed by atoms with van der Waals surface area (Å²) in [7, 11) is 1.68. The van der Waals surface area contributed by atoms with Crippen LogP contribution in [0.5, 0.6) is 5.75 Å². The molecule has 1 aliphatic heterocycles. The average Bonchev–Trinajstić information content (AvgIpc) is 2.88. The second-order valence-corrected chi connectivity index (χ2v) is 7.07. The molecule has 1 amide bonds. The molecule has 1 fully saturated rings. The summed E-state index contributed by atoms with van der Waals surface area (Å²) >= 11 is 1.70. The van der Waals surface area contributed by atoms with Crippen LogP contribution in [0.1, 0.15) is 23.4 Å². The number of rotatable bonds is 5. The molecule has 0 bridgehead atoms. The van der Waals surface area contributed by atoms with Crippen LogP contribution < -0.4 is 4.74 Å². The number of hydrogen-bond donors (Lipinski definition) is 0. The van der Waals surface area contributed by atoms with Gasteiger partial charge in [-0.1, -0.05) is 48.5 Å². The van der Waals surface area contributed by atoms with Gasteiger partial charge in [0, 0.05) is 12.1 Å². The lowest BCUT2D eigenvalue weighted by Gasteiger charge is -2.25. The molecule has 2 aromatic carbocycles. The highest BCUT2D eigenvalue weighted by Gasteiger charge is 2.39. The summed E-state index contributed by atoms with van der Waals surface area (Å²) in [6.07, 6.45) is 0.867. The Morgan fingerprint density at radius 2 is 1.78 bits per heavy atom. The topological polar surface area (TPSA) is 29.5 Å². The second-order valence-electron chi connectivity index (χ2n) is 5.64. The van der Waals surface area contributed by atoms with Crippen LogP contribution >= 0.6 is 11.8 Å². The Bertz CT molecular complexity index is 674. The third kappa shape index (κ3) is 3.37. The van der Waals surface area contributed by atoms with Crippen LogP contribution in [-0.2, 0) is 11.2 Å². The molecule has 0 saturated carbocycles. The first-order valence-corrected chi connectivity index (χ1v) is 8.78. The van der Waals surface area contributed by atoms with Gasteiger partial charge in [0.05, 0.1) is 12.4 Å². The van der Waals surface area contributed by atoms with Crippen molar-refractivity contribution in [3.63, 3.8) is 0 Å². The van der Waals surface area contributed by atoms with Crippen LogP contribution in [0, 0.1) is 0 Å². The van der Waals surface area contributed by atoms with Crippen LogP contribution in [0.15, 0.2) is 54.6 Å². The van der Waals surface area contributed by atoms with Gasteiger partial charge in [-0.05, 0) is 25.0 Å². The van der Waals surface area contributed by atoms with Crippen LogP contribution in [0.2, 0.25) is 0 Å². The Balaban J connectivity index is 1.82. The molecule has 0 N–H and O–H groups in total. The number of hydrogen-bond acceptors (Lipinski definition) is 3. The minimum absolute atomic E-state index is 0.0133. The molecular formula is C19H21NO2S. The minimum atomic E-state index is -0.0133. The van der Waals surface area contributed by atoms with Crippen molar-refractivity contribution in [1.82, 2.24) is 4.90 Å². The molecule has 2 aromatic rings. The summed E-state index contributed by atoms with van der Waals surface area (Å²) < 4.78 is 5.49. The molecule has 120 valence electrons. The van der Waals surface area contributed by atoms with E-state index in [1.807, 2.05) is 48.2 Å². The fourth-order valence-corrected chi connectivity index (χ4v) is 4.24. The number of carbonyl (C=O) groups is 1. The summed E-state index contributed by atoms with van der Waals surface area (Å²) in [5.74, 6) is 1.05. The first-order valence-electron chi connectivity index (χ1n) is 7.83. The predicted octanol–water partition coefficient (Wildman–Crippen LogP) is 3.90. The molecule has 3 rings (SSSR count). The number of methoxy groups -OCH3 is 1. The average molecular weight is 327 g/mol. The summed E-state index contributed by atoms with van der Waals surface area (Å²) in [5.41, 5.74) is 2.33. The lowest BCUT2D eigenvalue weighted by atomic mass is 10.1. The van der Waals surface area contributed by atoms with E-state index in [0.29, 0.717) is 0 Å². The zero-order valence-electron chi connectivity index (χ0n) is 13.4. The Morgan fingerprint density at radius 3 is 2.52 bits per heavy atom. The van der Waals surface area contributed by atoms with E-state index in [2.05, 4.69) is 18.2 Å². The molecule has 1 saturated heterocycles. The SMILES string of the molecule is COc1ccccc1C1SC(C)C(=O)N1CCc1ccccc1. The van der Waals surface area contributed by atoms with E-state index < -0.39 is 0 Å². The van der Waals surface area contributed by atoms with E-state index >= 15 is 0 Å². The number of ether oxygens (including phenoxy) is 1. The molecule has 4 heteroatoms. The molecular weight excluding hydrogens is 306 g/mol. The van der Waals surface area contributed by atoms with E-state index in [4.69, 9.17) is 4.74 Å².